The van der Waals surface area contributed by atoms with Gasteiger partial charge in [-0.05, 0) is 53.6 Å². The van der Waals surface area contributed by atoms with Crippen molar-refractivity contribution in [3.8, 4) is 0 Å². The summed E-state index contributed by atoms with van der Waals surface area (Å²) < 4.78 is 26.8. The van der Waals surface area contributed by atoms with E-state index in [4.69, 9.17) is 11.6 Å². The Kier molecular flexibility index (Phi) is 6.21. The number of nitrogens with zero attached hydrogens (tertiary/aromatic N) is 1. The average Bonchev–Trinajstić information content (AvgIpc) is 3.33. The maximum absolute atomic E-state index is 12.8. The first-order chi connectivity index (χ1) is 12.9. The third-order valence-corrected chi connectivity index (χ3v) is 7.78. The second-order valence-electron chi connectivity index (χ2n) is 5.65. The van der Waals surface area contributed by atoms with Crippen LogP contribution in [0.4, 0.5) is 5.69 Å². The zero-order valence-electron chi connectivity index (χ0n) is 14.4. The van der Waals surface area contributed by atoms with Crippen LogP contribution in [-0.2, 0) is 16.4 Å². The third-order valence-electron chi connectivity index (χ3n) is 3.90. The standard InChI is InChI=1S/C18H17ClN2O3S3/c1-21(27(23,24)15-6-4-13(19)5-7-15)16-9-12-26-17(16)18(22)20-10-8-14-3-2-11-25-14/h2-7,9,11-12H,8,10H2,1H3,(H,20,22). The number of rotatable bonds is 7. The number of anilines is 1. The smallest absolute Gasteiger partial charge is 0.264 e. The fraction of sp³-hybridized carbons (Fsp3) is 0.167. The molecule has 0 aliphatic rings. The van der Waals surface area contributed by atoms with Gasteiger partial charge in [0.15, 0.2) is 0 Å². The summed E-state index contributed by atoms with van der Waals surface area (Å²) in [6.07, 6.45) is 0.739. The Bertz CT molecular complexity index is 1010. The second-order valence-corrected chi connectivity index (χ2v) is 10.0. The van der Waals surface area contributed by atoms with Gasteiger partial charge in [-0.15, -0.1) is 22.7 Å². The molecule has 0 spiro atoms. The van der Waals surface area contributed by atoms with Crippen LogP contribution in [0, 0.1) is 0 Å². The Hall–Kier alpha value is -1.87. The van der Waals surface area contributed by atoms with E-state index in [1.807, 2.05) is 17.5 Å². The number of nitrogens with one attached hydrogen (secondary N) is 1. The highest BCUT2D eigenvalue weighted by atomic mass is 35.5. The van der Waals surface area contributed by atoms with Gasteiger partial charge >= 0.3 is 0 Å². The molecule has 0 saturated carbocycles. The molecule has 1 amide bonds. The first kappa shape index (κ1) is 19.9. The number of benzene rings is 1. The number of carbonyl (C=O) groups is 1. The van der Waals surface area contributed by atoms with E-state index in [1.54, 1.807) is 22.8 Å². The lowest BCUT2D eigenvalue weighted by atomic mass is 10.3. The number of thiophene rings is 2. The first-order valence-electron chi connectivity index (χ1n) is 8.02. The molecular formula is C18H17ClN2O3S3. The topological polar surface area (TPSA) is 66.5 Å². The lowest BCUT2D eigenvalue weighted by Gasteiger charge is -2.19. The van der Waals surface area contributed by atoms with Crippen LogP contribution in [-0.4, -0.2) is 27.9 Å². The summed E-state index contributed by atoms with van der Waals surface area (Å²) in [6.45, 7) is 0.490. The number of amides is 1. The van der Waals surface area contributed by atoms with Gasteiger partial charge in [-0.2, -0.15) is 0 Å². The molecule has 2 aromatic heterocycles. The van der Waals surface area contributed by atoms with Crippen LogP contribution in [0.1, 0.15) is 14.5 Å². The minimum atomic E-state index is -3.79. The Morgan fingerprint density at radius 2 is 1.85 bits per heavy atom. The maximum atomic E-state index is 12.8. The van der Waals surface area contributed by atoms with E-state index < -0.39 is 10.0 Å². The van der Waals surface area contributed by atoms with Crippen molar-refractivity contribution in [1.29, 1.82) is 0 Å². The van der Waals surface area contributed by atoms with Crippen molar-refractivity contribution in [2.24, 2.45) is 0 Å². The molecule has 5 nitrogen and oxygen atoms in total. The molecule has 0 aliphatic heterocycles. The van der Waals surface area contributed by atoms with Crippen LogP contribution in [0.25, 0.3) is 0 Å². The number of sulfonamides is 1. The van der Waals surface area contributed by atoms with Crippen LogP contribution in [0.5, 0.6) is 0 Å². The summed E-state index contributed by atoms with van der Waals surface area (Å²) >= 11 is 8.68. The Labute approximate surface area is 171 Å². The summed E-state index contributed by atoms with van der Waals surface area (Å²) in [5, 5.41) is 7.01. The predicted octanol–water partition coefficient (Wildman–Crippen LogP) is 4.26. The zero-order chi connectivity index (χ0) is 19.4. The van der Waals surface area contributed by atoms with Crippen molar-refractivity contribution >= 4 is 55.9 Å². The van der Waals surface area contributed by atoms with Crippen LogP contribution >= 0.6 is 34.3 Å². The number of halogens is 1. The Balaban J connectivity index is 1.74. The summed E-state index contributed by atoms with van der Waals surface area (Å²) in [5.74, 6) is -0.283. The van der Waals surface area contributed by atoms with Crippen molar-refractivity contribution in [1.82, 2.24) is 5.32 Å². The quantitative estimate of drug-likeness (QED) is 0.596. The second kappa shape index (κ2) is 8.43. The maximum Gasteiger partial charge on any atom is 0.264 e. The molecule has 142 valence electrons. The monoisotopic (exact) mass is 440 g/mol. The number of carbonyl (C=O) groups excluding carboxylic acids is 1. The molecule has 2 heterocycles. The van der Waals surface area contributed by atoms with Gasteiger partial charge in [0.2, 0.25) is 0 Å². The van der Waals surface area contributed by atoms with E-state index >= 15 is 0 Å². The van der Waals surface area contributed by atoms with Gasteiger partial charge in [-0.1, -0.05) is 17.7 Å². The largest absolute Gasteiger partial charge is 0.351 e. The van der Waals surface area contributed by atoms with E-state index in [0.717, 1.165) is 10.7 Å². The van der Waals surface area contributed by atoms with Crippen molar-refractivity contribution in [2.75, 3.05) is 17.9 Å². The van der Waals surface area contributed by atoms with Crippen LogP contribution in [0.15, 0.2) is 58.1 Å². The minimum absolute atomic E-state index is 0.115. The fourth-order valence-corrected chi connectivity index (χ4v) is 5.39. The van der Waals surface area contributed by atoms with Gasteiger partial charge in [0.05, 0.1) is 10.6 Å². The molecule has 0 bridgehead atoms. The lowest BCUT2D eigenvalue weighted by molar-refractivity contribution is 0.0959. The van der Waals surface area contributed by atoms with Gasteiger partial charge < -0.3 is 5.32 Å². The minimum Gasteiger partial charge on any atom is -0.351 e. The summed E-state index contributed by atoms with van der Waals surface area (Å²) in [7, 11) is -2.35. The molecule has 0 radical (unpaired) electrons. The van der Waals surface area contributed by atoms with Crippen LogP contribution in [0.2, 0.25) is 5.02 Å². The average molecular weight is 441 g/mol. The van der Waals surface area contributed by atoms with Crippen molar-refractivity contribution in [2.45, 2.75) is 11.3 Å². The van der Waals surface area contributed by atoms with Crippen molar-refractivity contribution in [3.05, 3.63) is 68.0 Å². The highest BCUT2D eigenvalue weighted by Crippen LogP contribution is 2.30. The Morgan fingerprint density at radius 1 is 1.11 bits per heavy atom. The van der Waals surface area contributed by atoms with Gasteiger partial charge in [-0.25, -0.2) is 8.42 Å². The Morgan fingerprint density at radius 3 is 2.52 bits per heavy atom. The van der Waals surface area contributed by atoms with Crippen molar-refractivity contribution in [3.63, 3.8) is 0 Å². The highest BCUT2D eigenvalue weighted by Gasteiger charge is 2.26. The van der Waals surface area contributed by atoms with Crippen molar-refractivity contribution < 1.29 is 13.2 Å². The highest BCUT2D eigenvalue weighted by molar-refractivity contribution is 7.92. The molecular weight excluding hydrogens is 424 g/mol. The molecule has 1 N–H and O–H groups in total. The summed E-state index contributed by atoms with van der Waals surface area (Å²) in [4.78, 5) is 14.2. The molecule has 0 atom stereocenters. The lowest BCUT2D eigenvalue weighted by Crippen LogP contribution is -2.30. The van der Waals surface area contributed by atoms with E-state index in [1.165, 1.54) is 47.5 Å². The van der Waals surface area contributed by atoms with E-state index in [9.17, 15) is 13.2 Å². The van der Waals surface area contributed by atoms with E-state index in [2.05, 4.69) is 5.32 Å². The third kappa shape index (κ3) is 4.52. The number of hydrogen-bond acceptors (Lipinski definition) is 5. The molecule has 1 aromatic carbocycles. The normalized spacial score (nSPS) is 11.3. The van der Waals surface area contributed by atoms with Gasteiger partial charge in [-0.3, -0.25) is 9.10 Å². The molecule has 0 fully saturated rings. The fourth-order valence-electron chi connectivity index (χ4n) is 2.45. The number of hydrogen-bond donors (Lipinski definition) is 1. The molecule has 27 heavy (non-hydrogen) atoms. The molecule has 3 rings (SSSR count). The van der Waals surface area contributed by atoms with E-state index in [0.29, 0.717) is 22.1 Å². The molecule has 0 aliphatic carbocycles. The van der Waals surface area contributed by atoms with Gasteiger partial charge in [0.1, 0.15) is 4.88 Å². The predicted molar refractivity (Wildman–Crippen MR) is 112 cm³/mol. The molecule has 0 saturated heterocycles. The SMILES string of the molecule is CN(c1ccsc1C(=O)NCCc1cccs1)S(=O)(=O)c1ccc(Cl)cc1. The van der Waals surface area contributed by atoms with Gasteiger partial charge in [0.25, 0.3) is 15.9 Å². The van der Waals surface area contributed by atoms with Crippen LogP contribution in [0.3, 0.4) is 0 Å². The van der Waals surface area contributed by atoms with Gasteiger partial charge in [0, 0.05) is 23.5 Å². The summed E-state index contributed by atoms with van der Waals surface area (Å²) in [5.41, 5.74) is 0.351. The van der Waals surface area contributed by atoms with Crippen LogP contribution < -0.4 is 9.62 Å². The summed E-state index contributed by atoms with van der Waals surface area (Å²) in [6, 6.07) is 11.5. The molecule has 9 heteroatoms. The molecule has 0 unspecified atom stereocenters. The van der Waals surface area contributed by atoms with E-state index in [-0.39, 0.29) is 10.8 Å². The molecule has 3 aromatic rings. The first-order valence-corrected chi connectivity index (χ1v) is 11.6. The zero-order valence-corrected chi connectivity index (χ0v) is 17.6.